The second-order valence-corrected chi connectivity index (χ2v) is 7.47. The van der Waals surface area contributed by atoms with E-state index in [2.05, 4.69) is 20.9 Å². The summed E-state index contributed by atoms with van der Waals surface area (Å²) in [6.45, 7) is 1.26. The van der Waals surface area contributed by atoms with E-state index in [1.165, 1.54) is 25.1 Å². The number of nitrogens with zero attached hydrogens (tertiary/aromatic N) is 2. The molecule has 0 bridgehead atoms. The lowest BCUT2D eigenvalue weighted by atomic mass is 10.1. The molecule has 4 nitrogen and oxygen atoms in total. The van der Waals surface area contributed by atoms with Gasteiger partial charge in [0.15, 0.2) is 10.9 Å². The number of aromatic nitrogens is 1. The second kappa shape index (κ2) is 8.53. The Morgan fingerprint density at radius 2 is 1.96 bits per heavy atom. The van der Waals surface area contributed by atoms with Gasteiger partial charge in [-0.1, -0.05) is 28.1 Å². The third-order valence-electron chi connectivity index (χ3n) is 3.68. The van der Waals surface area contributed by atoms with Crippen molar-refractivity contribution in [1.82, 2.24) is 4.98 Å². The maximum atomic E-state index is 14.1. The van der Waals surface area contributed by atoms with Gasteiger partial charge in [-0.3, -0.25) is 14.5 Å². The van der Waals surface area contributed by atoms with Crippen LogP contribution in [0.3, 0.4) is 0 Å². The Bertz CT molecular complexity index is 1080. The van der Waals surface area contributed by atoms with E-state index < -0.39 is 17.5 Å². The molecular weight excluding hydrogens is 450 g/mol. The standard InChI is InChI=1S/C20H13BrF2N2O2S/c1-12(26)25(18-7-5-15(22)10-17(18)23)20-24-16(11-28-20)6-8-19(27)13-3-2-4-14(21)9-13/h2-11H,1H3. The van der Waals surface area contributed by atoms with E-state index in [-0.39, 0.29) is 16.6 Å². The molecule has 2 aromatic carbocycles. The lowest BCUT2D eigenvalue weighted by Crippen LogP contribution is -2.23. The Labute approximate surface area is 172 Å². The van der Waals surface area contributed by atoms with Gasteiger partial charge in [0.2, 0.25) is 5.91 Å². The predicted molar refractivity (Wildman–Crippen MR) is 109 cm³/mol. The van der Waals surface area contributed by atoms with Gasteiger partial charge in [-0.25, -0.2) is 13.8 Å². The van der Waals surface area contributed by atoms with Gasteiger partial charge in [-0.15, -0.1) is 11.3 Å². The summed E-state index contributed by atoms with van der Waals surface area (Å²) in [6.07, 6.45) is 2.89. The first-order valence-corrected chi connectivity index (χ1v) is 9.71. The molecule has 0 unspecified atom stereocenters. The molecule has 0 aliphatic rings. The first-order chi connectivity index (χ1) is 13.3. The van der Waals surface area contributed by atoms with Crippen LogP contribution < -0.4 is 4.90 Å². The van der Waals surface area contributed by atoms with Crippen LogP contribution in [0.1, 0.15) is 23.0 Å². The summed E-state index contributed by atoms with van der Waals surface area (Å²) >= 11 is 4.42. The molecule has 0 saturated heterocycles. The molecule has 0 radical (unpaired) electrons. The summed E-state index contributed by atoms with van der Waals surface area (Å²) < 4.78 is 28.1. The van der Waals surface area contributed by atoms with Crippen molar-refractivity contribution in [2.24, 2.45) is 0 Å². The average Bonchev–Trinajstić information content (AvgIpc) is 3.10. The number of hydrogen-bond donors (Lipinski definition) is 0. The third kappa shape index (κ3) is 4.58. The van der Waals surface area contributed by atoms with Gasteiger partial charge >= 0.3 is 0 Å². The molecule has 28 heavy (non-hydrogen) atoms. The number of hydrogen-bond acceptors (Lipinski definition) is 4. The number of carbonyl (C=O) groups is 2. The summed E-state index contributed by atoms with van der Waals surface area (Å²) in [5.74, 6) is -2.28. The number of amides is 1. The Balaban J connectivity index is 1.85. The minimum absolute atomic E-state index is 0.0935. The number of carbonyl (C=O) groups excluding carboxylic acids is 2. The number of allylic oxidation sites excluding steroid dienone is 1. The highest BCUT2D eigenvalue weighted by molar-refractivity contribution is 9.10. The number of halogens is 3. The van der Waals surface area contributed by atoms with Gasteiger partial charge in [0.1, 0.15) is 11.6 Å². The van der Waals surface area contributed by atoms with Crippen molar-refractivity contribution >= 4 is 55.9 Å². The van der Waals surface area contributed by atoms with Crippen LogP contribution in [0.4, 0.5) is 19.6 Å². The van der Waals surface area contributed by atoms with Gasteiger partial charge in [0, 0.05) is 28.4 Å². The zero-order chi connectivity index (χ0) is 20.3. The van der Waals surface area contributed by atoms with Crippen LogP contribution in [0.2, 0.25) is 0 Å². The molecule has 0 N–H and O–H groups in total. The quantitative estimate of drug-likeness (QED) is 0.357. The lowest BCUT2D eigenvalue weighted by molar-refractivity contribution is -0.115. The highest BCUT2D eigenvalue weighted by Gasteiger charge is 2.21. The van der Waals surface area contributed by atoms with Crippen LogP contribution in [0.15, 0.2) is 58.4 Å². The van der Waals surface area contributed by atoms with Crippen molar-refractivity contribution in [1.29, 1.82) is 0 Å². The fourth-order valence-corrected chi connectivity index (χ4v) is 3.67. The molecule has 1 heterocycles. The van der Waals surface area contributed by atoms with Crippen molar-refractivity contribution in [3.8, 4) is 0 Å². The molecule has 3 rings (SSSR count). The molecule has 0 spiro atoms. The number of ketones is 1. The van der Waals surface area contributed by atoms with E-state index in [9.17, 15) is 18.4 Å². The minimum atomic E-state index is -0.868. The van der Waals surface area contributed by atoms with Crippen molar-refractivity contribution in [3.05, 3.63) is 81.3 Å². The monoisotopic (exact) mass is 462 g/mol. The van der Waals surface area contributed by atoms with Crippen LogP contribution in [-0.2, 0) is 4.79 Å². The highest BCUT2D eigenvalue weighted by Crippen LogP contribution is 2.31. The summed E-state index contributed by atoms with van der Waals surface area (Å²) in [5, 5.41) is 1.85. The molecule has 8 heteroatoms. The second-order valence-electron chi connectivity index (χ2n) is 5.71. The maximum Gasteiger partial charge on any atom is 0.230 e. The normalized spacial score (nSPS) is 11.0. The molecule has 3 aromatic rings. The van der Waals surface area contributed by atoms with Crippen LogP contribution >= 0.6 is 27.3 Å². The number of benzene rings is 2. The zero-order valence-electron chi connectivity index (χ0n) is 14.5. The minimum Gasteiger partial charge on any atom is -0.289 e. The van der Waals surface area contributed by atoms with Crippen molar-refractivity contribution < 1.29 is 18.4 Å². The van der Waals surface area contributed by atoms with E-state index in [0.29, 0.717) is 17.3 Å². The molecule has 142 valence electrons. The predicted octanol–water partition coefficient (Wildman–Crippen LogP) is 5.76. The SMILES string of the molecule is CC(=O)N(c1nc(C=CC(=O)c2cccc(Br)c2)cs1)c1ccc(F)cc1F. The topological polar surface area (TPSA) is 50.3 Å². The van der Waals surface area contributed by atoms with E-state index in [1.54, 1.807) is 23.6 Å². The first kappa shape index (κ1) is 20.0. The Morgan fingerprint density at radius 3 is 2.64 bits per heavy atom. The van der Waals surface area contributed by atoms with Crippen LogP contribution in [0.25, 0.3) is 6.08 Å². The number of anilines is 2. The molecule has 0 saturated carbocycles. The fourth-order valence-electron chi connectivity index (χ4n) is 2.42. The van der Waals surface area contributed by atoms with Gasteiger partial charge in [0.05, 0.1) is 11.4 Å². The van der Waals surface area contributed by atoms with Crippen molar-refractivity contribution in [3.63, 3.8) is 0 Å². The van der Waals surface area contributed by atoms with Gasteiger partial charge in [-0.2, -0.15) is 0 Å². The number of rotatable bonds is 5. The third-order valence-corrected chi connectivity index (χ3v) is 5.02. The van der Waals surface area contributed by atoms with Crippen LogP contribution in [0, 0.1) is 11.6 Å². The molecular formula is C20H13BrF2N2O2S. The molecule has 1 amide bonds. The van der Waals surface area contributed by atoms with E-state index in [4.69, 9.17) is 0 Å². The average molecular weight is 463 g/mol. The van der Waals surface area contributed by atoms with E-state index in [1.807, 2.05) is 6.07 Å². The molecule has 0 aliphatic carbocycles. The zero-order valence-corrected chi connectivity index (χ0v) is 16.9. The molecule has 0 aliphatic heterocycles. The van der Waals surface area contributed by atoms with Gasteiger partial charge < -0.3 is 0 Å². The Hall–Kier alpha value is -2.71. The summed E-state index contributed by atoms with van der Waals surface area (Å²) in [5.41, 5.74) is 0.862. The summed E-state index contributed by atoms with van der Waals surface area (Å²) in [6, 6.07) is 9.93. The summed E-state index contributed by atoms with van der Waals surface area (Å²) in [7, 11) is 0. The van der Waals surface area contributed by atoms with E-state index in [0.717, 1.165) is 26.8 Å². The number of thiazole rings is 1. The van der Waals surface area contributed by atoms with E-state index >= 15 is 0 Å². The molecule has 1 aromatic heterocycles. The Morgan fingerprint density at radius 1 is 1.18 bits per heavy atom. The Kier molecular flexibility index (Phi) is 6.11. The van der Waals surface area contributed by atoms with Crippen LogP contribution in [-0.4, -0.2) is 16.7 Å². The van der Waals surface area contributed by atoms with Crippen LogP contribution in [0.5, 0.6) is 0 Å². The maximum absolute atomic E-state index is 14.1. The van der Waals surface area contributed by atoms with Gasteiger partial charge in [-0.05, 0) is 36.4 Å². The summed E-state index contributed by atoms with van der Waals surface area (Å²) in [4.78, 5) is 29.6. The van der Waals surface area contributed by atoms with Crippen molar-refractivity contribution in [2.45, 2.75) is 6.92 Å². The first-order valence-electron chi connectivity index (χ1n) is 8.04. The van der Waals surface area contributed by atoms with Gasteiger partial charge in [0.25, 0.3) is 0 Å². The molecule has 0 fully saturated rings. The largest absolute Gasteiger partial charge is 0.289 e. The van der Waals surface area contributed by atoms with Crippen molar-refractivity contribution in [2.75, 3.05) is 4.90 Å². The highest BCUT2D eigenvalue weighted by atomic mass is 79.9. The molecule has 0 atom stereocenters. The lowest BCUT2D eigenvalue weighted by Gasteiger charge is -2.18. The smallest absolute Gasteiger partial charge is 0.230 e. The fraction of sp³-hybridized carbons (Fsp3) is 0.0500.